The van der Waals surface area contributed by atoms with E-state index in [0.29, 0.717) is 6.42 Å². The zero-order valence-electron chi connectivity index (χ0n) is 12.2. The monoisotopic (exact) mass is 297 g/mol. The van der Waals surface area contributed by atoms with E-state index < -0.39 is 0 Å². The Morgan fingerprint density at radius 2 is 2.30 bits per heavy atom. The van der Waals surface area contributed by atoms with Crippen molar-refractivity contribution in [3.63, 3.8) is 0 Å². The highest BCUT2D eigenvalue weighted by Crippen LogP contribution is 2.15. The van der Waals surface area contributed by atoms with Crippen molar-refractivity contribution >= 4 is 17.2 Å². The molecule has 1 atom stereocenters. The number of amides is 1. The zero-order valence-corrected chi connectivity index (χ0v) is 13.0. The number of carbonyl (C=O) groups excluding carboxylic acids is 1. The van der Waals surface area contributed by atoms with Crippen LogP contribution in [0.2, 0.25) is 0 Å². The molecule has 0 aromatic carbocycles. The van der Waals surface area contributed by atoms with Gasteiger partial charge in [-0.3, -0.25) is 9.69 Å². The summed E-state index contributed by atoms with van der Waals surface area (Å²) in [7, 11) is 0. The molecule has 5 nitrogen and oxygen atoms in total. The first kappa shape index (κ1) is 15.4. The van der Waals surface area contributed by atoms with Gasteiger partial charge in [-0.25, -0.2) is 4.98 Å². The molecule has 20 heavy (non-hydrogen) atoms. The molecule has 1 aliphatic rings. The van der Waals surface area contributed by atoms with Crippen LogP contribution >= 0.6 is 11.3 Å². The number of nitrogens with zero attached hydrogens (tertiary/aromatic N) is 2. The Labute approximate surface area is 124 Å². The zero-order chi connectivity index (χ0) is 14.4. The molecule has 1 aromatic rings. The number of nitrogens with one attached hydrogen (secondary N) is 1. The molecule has 1 aliphatic heterocycles. The van der Waals surface area contributed by atoms with Gasteiger partial charge in [0.15, 0.2) is 0 Å². The van der Waals surface area contributed by atoms with E-state index in [4.69, 9.17) is 4.74 Å². The average Bonchev–Trinajstić information content (AvgIpc) is 2.87. The molecular weight excluding hydrogens is 274 g/mol. The molecule has 0 aliphatic carbocycles. The van der Waals surface area contributed by atoms with E-state index in [-0.39, 0.29) is 11.9 Å². The fourth-order valence-electron chi connectivity index (χ4n) is 2.25. The van der Waals surface area contributed by atoms with Crippen molar-refractivity contribution in [2.24, 2.45) is 0 Å². The molecule has 2 heterocycles. The molecule has 1 amide bonds. The molecule has 0 radical (unpaired) electrons. The first-order valence-electron chi connectivity index (χ1n) is 7.16. The number of aromatic nitrogens is 1. The van der Waals surface area contributed by atoms with Crippen LogP contribution in [-0.2, 0) is 9.53 Å². The van der Waals surface area contributed by atoms with E-state index in [1.54, 1.807) is 11.3 Å². The lowest BCUT2D eigenvalue weighted by Crippen LogP contribution is -2.37. The number of morpholine rings is 1. The Hall–Kier alpha value is -0.980. The van der Waals surface area contributed by atoms with Crippen molar-refractivity contribution in [1.82, 2.24) is 15.2 Å². The Balaban J connectivity index is 1.64. The SMILES string of the molecule is Cc1nc(C(C)NC(=O)CCCN2CCOCC2)cs1. The second-order valence-electron chi connectivity index (χ2n) is 5.14. The Bertz CT molecular complexity index is 430. The summed E-state index contributed by atoms with van der Waals surface area (Å²) in [5.74, 6) is 0.108. The van der Waals surface area contributed by atoms with Gasteiger partial charge >= 0.3 is 0 Å². The van der Waals surface area contributed by atoms with Crippen LogP contribution in [0.3, 0.4) is 0 Å². The minimum atomic E-state index is -0.00385. The maximum atomic E-state index is 11.9. The molecule has 2 rings (SSSR count). The highest BCUT2D eigenvalue weighted by molar-refractivity contribution is 7.09. The molecule has 1 fully saturated rings. The number of thiazole rings is 1. The molecule has 1 aromatic heterocycles. The maximum Gasteiger partial charge on any atom is 0.220 e. The molecule has 1 N–H and O–H groups in total. The lowest BCUT2D eigenvalue weighted by molar-refractivity contribution is -0.122. The minimum Gasteiger partial charge on any atom is -0.379 e. The van der Waals surface area contributed by atoms with Gasteiger partial charge in [0.2, 0.25) is 5.91 Å². The predicted molar refractivity (Wildman–Crippen MR) is 79.9 cm³/mol. The highest BCUT2D eigenvalue weighted by Gasteiger charge is 2.13. The van der Waals surface area contributed by atoms with Gasteiger partial charge in [-0.1, -0.05) is 0 Å². The third-order valence-corrected chi connectivity index (χ3v) is 4.23. The fraction of sp³-hybridized carbons (Fsp3) is 0.714. The summed E-state index contributed by atoms with van der Waals surface area (Å²) < 4.78 is 5.30. The van der Waals surface area contributed by atoms with Crippen LogP contribution in [0.5, 0.6) is 0 Å². The third-order valence-electron chi connectivity index (χ3n) is 3.44. The first-order chi connectivity index (χ1) is 9.65. The van der Waals surface area contributed by atoms with E-state index in [1.165, 1.54) is 0 Å². The maximum absolute atomic E-state index is 11.9. The minimum absolute atomic E-state index is 0.00385. The molecule has 1 saturated heterocycles. The molecule has 1 unspecified atom stereocenters. The first-order valence-corrected chi connectivity index (χ1v) is 8.04. The van der Waals surface area contributed by atoms with Crippen LogP contribution in [-0.4, -0.2) is 48.6 Å². The van der Waals surface area contributed by atoms with Gasteiger partial charge in [0.1, 0.15) is 0 Å². The standard InChI is InChI=1S/C14H23N3O2S/c1-11(13-10-20-12(2)16-13)15-14(18)4-3-5-17-6-8-19-9-7-17/h10-11H,3-9H2,1-2H3,(H,15,18). The van der Waals surface area contributed by atoms with Gasteiger partial charge in [-0.15, -0.1) is 11.3 Å². The molecule has 112 valence electrons. The van der Waals surface area contributed by atoms with Crippen LogP contribution in [0.25, 0.3) is 0 Å². The molecule has 0 saturated carbocycles. The summed E-state index contributed by atoms with van der Waals surface area (Å²) in [4.78, 5) is 18.6. The van der Waals surface area contributed by atoms with Gasteiger partial charge < -0.3 is 10.1 Å². The highest BCUT2D eigenvalue weighted by atomic mass is 32.1. The van der Waals surface area contributed by atoms with E-state index in [1.807, 2.05) is 19.2 Å². The van der Waals surface area contributed by atoms with Crippen molar-refractivity contribution in [2.45, 2.75) is 32.7 Å². The van der Waals surface area contributed by atoms with Crippen molar-refractivity contribution in [3.8, 4) is 0 Å². The molecule has 0 bridgehead atoms. The smallest absolute Gasteiger partial charge is 0.220 e. The lowest BCUT2D eigenvalue weighted by Gasteiger charge is -2.26. The van der Waals surface area contributed by atoms with Gasteiger partial charge in [0, 0.05) is 24.9 Å². The lowest BCUT2D eigenvalue weighted by atomic mass is 10.2. The number of ether oxygens (including phenoxy) is 1. The molecule has 6 heteroatoms. The summed E-state index contributed by atoms with van der Waals surface area (Å²) in [6, 6.07) is -0.00385. The molecular formula is C14H23N3O2S. The van der Waals surface area contributed by atoms with E-state index >= 15 is 0 Å². The number of carbonyl (C=O) groups is 1. The van der Waals surface area contributed by atoms with Crippen molar-refractivity contribution in [3.05, 3.63) is 16.1 Å². The normalized spacial score (nSPS) is 17.9. The van der Waals surface area contributed by atoms with E-state index in [2.05, 4.69) is 15.2 Å². The number of aryl methyl sites for hydroxylation is 1. The van der Waals surface area contributed by atoms with Gasteiger partial charge in [-0.05, 0) is 26.8 Å². The van der Waals surface area contributed by atoms with Crippen molar-refractivity contribution in [1.29, 1.82) is 0 Å². The summed E-state index contributed by atoms with van der Waals surface area (Å²) >= 11 is 1.62. The van der Waals surface area contributed by atoms with Crippen LogP contribution < -0.4 is 5.32 Å². The topological polar surface area (TPSA) is 54.5 Å². The Morgan fingerprint density at radius 1 is 1.55 bits per heavy atom. The van der Waals surface area contributed by atoms with Gasteiger partial charge in [0.25, 0.3) is 0 Å². The summed E-state index contributed by atoms with van der Waals surface area (Å²) in [5, 5.41) is 6.05. The second kappa shape index (κ2) is 7.71. The average molecular weight is 297 g/mol. The quantitative estimate of drug-likeness (QED) is 0.869. The second-order valence-corrected chi connectivity index (χ2v) is 6.20. The largest absolute Gasteiger partial charge is 0.379 e. The number of hydrogen-bond acceptors (Lipinski definition) is 5. The van der Waals surface area contributed by atoms with Gasteiger partial charge in [-0.2, -0.15) is 0 Å². The van der Waals surface area contributed by atoms with Crippen LogP contribution in [0.1, 0.15) is 36.5 Å². The van der Waals surface area contributed by atoms with Crippen LogP contribution in [0.4, 0.5) is 0 Å². The van der Waals surface area contributed by atoms with Crippen LogP contribution in [0, 0.1) is 6.92 Å². The van der Waals surface area contributed by atoms with Gasteiger partial charge in [0.05, 0.1) is 30.0 Å². The Morgan fingerprint density at radius 3 is 2.95 bits per heavy atom. The molecule has 0 spiro atoms. The number of hydrogen-bond donors (Lipinski definition) is 1. The summed E-state index contributed by atoms with van der Waals surface area (Å²) in [6.45, 7) is 8.52. The predicted octanol–water partition coefficient (Wildman–Crippen LogP) is 1.74. The van der Waals surface area contributed by atoms with Crippen molar-refractivity contribution < 1.29 is 9.53 Å². The fourth-order valence-corrected chi connectivity index (χ4v) is 2.96. The van der Waals surface area contributed by atoms with Crippen molar-refractivity contribution in [2.75, 3.05) is 32.8 Å². The van der Waals surface area contributed by atoms with Crippen LogP contribution in [0.15, 0.2) is 5.38 Å². The summed E-state index contributed by atoms with van der Waals surface area (Å²) in [5.41, 5.74) is 0.953. The number of rotatable bonds is 6. The Kier molecular flexibility index (Phi) is 5.94. The third kappa shape index (κ3) is 4.85. The van der Waals surface area contributed by atoms with E-state index in [9.17, 15) is 4.79 Å². The summed E-state index contributed by atoms with van der Waals surface area (Å²) in [6.07, 6.45) is 1.47. The van der Waals surface area contributed by atoms with E-state index in [0.717, 1.165) is 50.0 Å².